The van der Waals surface area contributed by atoms with Crippen molar-refractivity contribution >= 4 is 80.6 Å². The number of hydrogen-bond donors (Lipinski definition) is 0. The second-order valence-electron chi connectivity index (χ2n) is 8.45. The number of halogens is 5. The number of anilines is 2. The first-order chi connectivity index (χ1) is 17.7. The van der Waals surface area contributed by atoms with E-state index in [1.165, 1.54) is 0 Å². The lowest BCUT2D eigenvalue weighted by atomic mass is 10.2. The highest BCUT2D eigenvalue weighted by Gasteiger charge is 2.26. The van der Waals surface area contributed by atoms with Crippen LogP contribution in [0.4, 0.5) is 11.6 Å². The van der Waals surface area contributed by atoms with E-state index in [1.807, 2.05) is 29.5 Å². The van der Waals surface area contributed by atoms with E-state index in [4.69, 9.17) is 55.9 Å². The van der Waals surface area contributed by atoms with Gasteiger partial charge in [-0.1, -0.05) is 46.4 Å². The summed E-state index contributed by atoms with van der Waals surface area (Å²) in [7, 11) is 0. The number of hydrogen-bond acceptors (Lipinski definition) is 9. The van der Waals surface area contributed by atoms with E-state index >= 15 is 0 Å². The lowest BCUT2D eigenvalue weighted by Gasteiger charge is -2.34. The topological polar surface area (TPSA) is 94.3 Å². The first-order valence-electron chi connectivity index (χ1n) is 11.5. The Hall–Kier alpha value is -1.22. The average molecular weight is 702 g/mol. The number of imidazole rings is 1. The Morgan fingerprint density at radius 3 is 1.89 bits per heavy atom. The zero-order chi connectivity index (χ0) is 26.7. The second-order valence-corrected chi connectivity index (χ2v) is 10.9. The monoisotopic (exact) mass is 700 g/mol. The van der Waals surface area contributed by atoms with Gasteiger partial charge in [-0.2, -0.15) is 9.97 Å². The van der Waals surface area contributed by atoms with E-state index in [0.717, 1.165) is 18.9 Å². The number of aromatic nitrogens is 6. The van der Waals surface area contributed by atoms with Crippen molar-refractivity contribution in [2.45, 2.75) is 32.9 Å². The van der Waals surface area contributed by atoms with Crippen LogP contribution in [0.3, 0.4) is 0 Å². The smallest absolute Gasteiger partial charge is 0.238 e. The van der Waals surface area contributed by atoms with Crippen LogP contribution in [0.25, 0.3) is 5.95 Å². The van der Waals surface area contributed by atoms with Crippen LogP contribution >= 0.6 is 69.0 Å². The van der Waals surface area contributed by atoms with Crippen molar-refractivity contribution in [3.63, 3.8) is 0 Å². The molecule has 10 nitrogen and oxygen atoms in total. The minimum absolute atomic E-state index is 0.180. The van der Waals surface area contributed by atoms with Gasteiger partial charge in [0.15, 0.2) is 25.8 Å². The summed E-state index contributed by atoms with van der Waals surface area (Å²) in [4.78, 5) is 25.5. The van der Waals surface area contributed by atoms with Crippen molar-refractivity contribution in [3.8, 4) is 5.95 Å². The molecule has 2 atom stereocenters. The molecular weight excluding hydrogens is 677 g/mol. The first-order valence-corrected chi connectivity index (χ1v) is 14.1. The van der Waals surface area contributed by atoms with Gasteiger partial charge in [0.2, 0.25) is 5.95 Å². The molecule has 2 aliphatic rings. The van der Waals surface area contributed by atoms with Crippen LogP contribution in [-0.2, 0) is 9.47 Å². The van der Waals surface area contributed by atoms with E-state index in [0.29, 0.717) is 63.0 Å². The zero-order valence-corrected chi connectivity index (χ0v) is 25.5. The van der Waals surface area contributed by atoms with Crippen LogP contribution in [-0.4, -0.2) is 81.1 Å². The number of nitrogens with zero attached hydrogens (tertiary/aromatic N) is 8. The van der Waals surface area contributed by atoms with Crippen molar-refractivity contribution in [2.75, 3.05) is 49.3 Å². The molecule has 0 aliphatic carbocycles. The molecular formula is C22H25Cl4IN8O2. The van der Waals surface area contributed by atoms with Gasteiger partial charge in [0.25, 0.3) is 0 Å². The summed E-state index contributed by atoms with van der Waals surface area (Å²) in [5.41, 5.74) is 0. The van der Waals surface area contributed by atoms with Gasteiger partial charge in [-0.3, -0.25) is 4.57 Å². The molecule has 5 rings (SSSR count). The molecule has 0 radical (unpaired) electrons. The SMILES string of the molecule is C[C@@H]1COCCN1c1nc(I)nc(Cl)c1Cl.Cc1nccn1-c1nc(Cl)c(Cl)c(N2CCOC[C@H]2C)n1. The normalized spacial score (nSPS) is 20.0. The highest BCUT2D eigenvalue weighted by molar-refractivity contribution is 14.1. The molecule has 37 heavy (non-hydrogen) atoms. The molecule has 2 fully saturated rings. The zero-order valence-electron chi connectivity index (χ0n) is 20.3. The summed E-state index contributed by atoms with van der Waals surface area (Å²) in [6.45, 7) is 10.1. The molecule has 0 spiro atoms. The number of rotatable bonds is 3. The standard InChI is InChI=1S/C13H15Cl2N5O.C9H10Cl2IN3O/c1-8-7-21-6-5-19(8)12-10(14)11(15)17-13(18-12)20-4-3-16-9(20)2;1-5-4-16-3-2-15(5)8-6(10)7(11)13-9(12)14-8/h3-4,8H,5-7H2,1-2H3;5H,2-4H2,1H3/t8-;5-/m11/s1. The maximum Gasteiger partial charge on any atom is 0.238 e. The van der Waals surface area contributed by atoms with Crippen molar-refractivity contribution < 1.29 is 9.47 Å². The maximum absolute atomic E-state index is 6.30. The highest BCUT2D eigenvalue weighted by Crippen LogP contribution is 2.33. The quantitative estimate of drug-likeness (QED) is 0.210. The third-order valence-corrected chi connectivity index (χ3v) is 7.79. The molecule has 15 heteroatoms. The molecule has 0 saturated carbocycles. The van der Waals surface area contributed by atoms with Crippen molar-refractivity contribution in [3.05, 3.63) is 42.4 Å². The summed E-state index contributed by atoms with van der Waals surface area (Å²) in [5, 5.41) is 1.32. The molecule has 200 valence electrons. The van der Waals surface area contributed by atoms with Crippen LogP contribution < -0.4 is 9.80 Å². The third-order valence-electron chi connectivity index (χ3n) is 5.87. The van der Waals surface area contributed by atoms with Crippen LogP contribution in [0.15, 0.2) is 12.4 Å². The second kappa shape index (κ2) is 12.8. The maximum atomic E-state index is 6.30. The van der Waals surface area contributed by atoms with E-state index in [9.17, 15) is 0 Å². The Kier molecular flexibility index (Phi) is 9.92. The van der Waals surface area contributed by atoms with Gasteiger partial charge in [0.05, 0.1) is 38.5 Å². The molecule has 0 N–H and O–H groups in total. The van der Waals surface area contributed by atoms with E-state index in [-0.39, 0.29) is 17.2 Å². The Bertz CT molecular complexity index is 1250. The Labute approximate surface area is 248 Å². The predicted octanol–water partition coefficient (Wildman–Crippen LogP) is 5.12. The van der Waals surface area contributed by atoms with Gasteiger partial charge in [0, 0.05) is 48.1 Å². The molecule has 0 bridgehead atoms. The Balaban J connectivity index is 0.000000180. The van der Waals surface area contributed by atoms with Gasteiger partial charge < -0.3 is 19.3 Å². The van der Waals surface area contributed by atoms with Gasteiger partial charge >= 0.3 is 0 Å². The molecule has 5 heterocycles. The van der Waals surface area contributed by atoms with E-state index < -0.39 is 0 Å². The van der Waals surface area contributed by atoms with Gasteiger partial charge in [-0.15, -0.1) is 0 Å². The first kappa shape index (κ1) is 28.8. The minimum Gasteiger partial charge on any atom is -0.377 e. The molecule has 0 aromatic carbocycles. The summed E-state index contributed by atoms with van der Waals surface area (Å²) < 4.78 is 13.2. The molecule has 0 unspecified atom stereocenters. The van der Waals surface area contributed by atoms with Crippen LogP contribution in [0.5, 0.6) is 0 Å². The van der Waals surface area contributed by atoms with Gasteiger partial charge in [0.1, 0.15) is 15.9 Å². The Morgan fingerprint density at radius 2 is 1.38 bits per heavy atom. The van der Waals surface area contributed by atoms with Gasteiger partial charge in [-0.25, -0.2) is 15.0 Å². The number of ether oxygens (including phenoxy) is 2. The molecule has 2 saturated heterocycles. The number of morpholine rings is 2. The minimum atomic E-state index is 0.180. The van der Waals surface area contributed by atoms with Crippen molar-refractivity contribution in [2.24, 2.45) is 0 Å². The number of aryl methyl sites for hydroxylation is 1. The van der Waals surface area contributed by atoms with E-state index in [2.05, 4.69) is 48.6 Å². The van der Waals surface area contributed by atoms with Crippen molar-refractivity contribution in [1.82, 2.24) is 29.5 Å². The van der Waals surface area contributed by atoms with Crippen LogP contribution in [0.2, 0.25) is 20.4 Å². The molecule has 3 aromatic heterocycles. The Morgan fingerprint density at radius 1 is 0.838 bits per heavy atom. The van der Waals surface area contributed by atoms with E-state index in [1.54, 1.807) is 17.0 Å². The fourth-order valence-electron chi connectivity index (χ4n) is 3.94. The van der Waals surface area contributed by atoms with Crippen molar-refractivity contribution in [1.29, 1.82) is 0 Å². The summed E-state index contributed by atoms with van der Waals surface area (Å²) in [6, 6.07) is 0.423. The molecule has 0 amide bonds. The largest absolute Gasteiger partial charge is 0.377 e. The lowest BCUT2D eigenvalue weighted by Crippen LogP contribution is -2.44. The fourth-order valence-corrected chi connectivity index (χ4v) is 5.27. The lowest BCUT2D eigenvalue weighted by molar-refractivity contribution is 0.0985. The average Bonchev–Trinajstić information content (AvgIpc) is 3.30. The van der Waals surface area contributed by atoms with Crippen LogP contribution in [0.1, 0.15) is 19.7 Å². The molecule has 2 aliphatic heterocycles. The third kappa shape index (κ3) is 6.68. The summed E-state index contributed by atoms with van der Waals surface area (Å²) >= 11 is 26.6. The van der Waals surface area contributed by atoms with Gasteiger partial charge in [-0.05, 0) is 20.8 Å². The van der Waals surface area contributed by atoms with Crippen LogP contribution in [0, 0.1) is 10.8 Å². The summed E-state index contributed by atoms with van der Waals surface area (Å²) in [6.07, 6.45) is 3.49. The fraction of sp³-hybridized carbons (Fsp3) is 0.500. The predicted molar refractivity (Wildman–Crippen MR) is 154 cm³/mol. The highest BCUT2D eigenvalue weighted by atomic mass is 127. The summed E-state index contributed by atoms with van der Waals surface area (Å²) in [5.74, 6) is 2.58. The molecule has 3 aromatic rings.